The predicted molar refractivity (Wildman–Crippen MR) is 157 cm³/mol. The van der Waals surface area contributed by atoms with Crippen molar-refractivity contribution in [2.45, 2.75) is 49.9 Å². The third-order valence-corrected chi connectivity index (χ3v) is 6.38. The predicted octanol–water partition coefficient (Wildman–Crippen LogP) is -0.973. The number of carbonyl (C=O) groups is 4. The number of hydrogen-bond acceptors (Lipinski definition) is 8. The van der Waals surface area contributed by atoms with E-state index in [4.69, 9.17) is 17.2 Å². The number of phenols is 1. The SMILES string of the molecule is NC(N)=NCCCC(NC(=O)C(N)Cc1ccccc1)C(=O)NC(CS)C(=O)NC(Cc1ccc(O)cc1)C(=O)O. The summed E-state index contributed by atoms with van der Waals surface area (Å²) in [5.74, 6) is -3.56. The van der Waals surface area contributed by atoms with E-state index in [1.165, 1.54) is 24.3 Å². The first-order chi connectivity index (χ1) is 19.5. The molecule has 4 unspecified atom stereocenters. The molecule has 0 saturated heterocycles. The number of guanidine groups is 1. The van der Waals surface area contributed by atoms with Gasteiger partial charge in [0.05, 0.1) is 6.04 Å². The molecule has 4 atom stereocenters. The molecule has 0 heterocycles. The van der Waals surface area contributed by atoms with Gasteiger partial charge in [-0.3, -0.25) is 19.4 Å². The first kappa shape index (κ1) is 32.9. The van der Waals surface area contributed by atoms with Crippen LogP contribution in [0, 0.1) is 0 Å². The van der Waals surface area contributed by atoms with Gasteiger partial charge in [0, 0.05) is 18.7 Å². The number of hydrogen-bond donors (Lipinski definition) is 9. The van der Waals surface area contributed by atoms with Gasteiger partial charge < -0.3 is 43.4 Å². The van der Waals surface area contributed by atoms with Crippen molar-refractivity contribution in [1.29, 1.82) is 0 Å². The topological polar surface area (TPSA) is 235 Å². The second kappa shape index (κ2) is 16.7. The summed E-state index contributed by atoms with van der Waals surface area (Å²) in [4.78, 5) is 54.7. The molecular formula is C27H37N7O6S. The van der Waals surface area contributed by atoms with Crippen LogP contribution in [0.25, 0.3) is 0 Å². The number of carboxylic acid groups (broad SMARTS) is 1. The van der Waals surface area contributed by atoms with Crippen LogP contribution in [0.15, 0.2) is 59.6 Å². The fourth-order valence-electron chi connectivity index (χ4n) is 3.82. The van der Waals surface area contributed by atoms with E-state index in [1.807, 2.05) is 30.3 Å². The summed E-state index contributed by atoms with van der Waals surface area (Å²) >= 11 is 4.15. The maximum absolute atomic E-state index is 13.2. The number of aliphatic carboxylic acids is 1. The van der Waals surface area contributed by atoms with Crippen LogP contribution in [-0.2, 0) is 32.0 Å². The Hall–Kier alpha value is -4.30. The van der Waals surface area contributed by atoms with Crippen molar-refractivity contribution in [3.05, 3.63) is 65.7 Å². The van der Waals surface area contributed by atoms with Gasteiger partial charge in [-0.2, -0.15) is 12.6 Å². The molecule has 11 N–H and O–H groups in total. The Kier molecular flexibility index (Phi) is 13.4. The van der Waals surface area contributed by atoms with Gasteiger partial charge in [0.2, 0.25) is 17.7 Å². The molecule has 0 bridgehead atoms. The molecule has 222 valence electrons. The molecular weight excluding hydrogens is 550 g/mol. The molecule has 0 saturated carbocycles. The van der Waals surface area contributed by atoms with E-state index < -0.39 is 47.9 Å². The standard InChI is InChI=1S/C27H37N7O6S/c28-19(13-16-5-2-1-3-6-16)23(36)32-20(7-4-12-31-27(29)30)24(37)34-22(15-41)25(38)33-21(26(39)40)14-17-8-10-18(35)11-9-17/h1-3,5-6,8-11,19-22,35,41H,4,7,12-15,28H2,(H,32,36)(H,33,38)(H,34,37)(H,39,40)(H4,29,30,31). The Balaban J connectivity index is 2.08. The maximum Gasteiger partial charge on any atom is 0.326 e. The summed E-state index contributed by atoms with van der Waals surface area (Å²) in [7, 11) is 0. The lowest BCUT2D eigenvalue weighted by Gasteiger charge is -2.24. The van der Waals surface area contributed by atoms with Gasteiger partial charge >= 0.3 is 5.97 Å². The second-order valence-corrected chi connectivity index (χ2v) is 9.69. The van der Waals surface area contributed by atoms with Crippen LogP contribution in [-0.4, -0.2) is 76.3 Å². The van der Waals surface area contributed by atoms with Gasteiger partial charge in [-0.1, -0.05) is 42.5 Å². The van der Waals surface area contributed by atoms with Crippen LogP contribution in [0.5, 0.6) is 5.75 Å². The summed E-state index contributed by atoms with van der Waals surface area (Å²) in [6.45, 7) is 0.200. The number of aliphatic imine (C=N–C) groups is 1. The van der Waals surface area contributed by atoms with Crippen LogP contribution in [0.1, 0.15) is 24.0 Å². The van der Waals surface area contributed by atoms with E-state index in [0.29, 0.717) is 12.0 Å². The fraction of sp³-hybridized carbons (Fsp3) is 0.370. The van der Waals surface area contributed by atoms with Crippen molar-refractivity contribution >= 4 is 42.3 Å². The summed E-state index contributed by atoms with van der Waals surface area (Å²) in [6, 6.07) is 10.5. The molecule has 2 aromatic rings. The number of thiol groups is 1. The number of nitrogens with two attached hydrogens (primary N) is 3. The largest absolute Gasteiger partial charge is 0.508 e. The average molecular weight is 588 g/mol. The zero-order valence-electron chi connectivity index (χ0n) is 22.4. The summed E-state index contributed by atoms with van der Waals surface area (Å²) in [6.07, 6.45) is 0.646. The Morgan fingerprint density at radius 2 is 1.37 bits per heavy atom. The third kappa shape index (κ3) is 11.8. The zero-order chi connectivity index (χ0) is 30.4. The van der Waals surface area contributed by atoms with Crippen LogP contribution in [0.3, 0.4) is 0 Å². The number of benzene rings is 2. The van der Waals surface area contributed by atoms with Crippen molar-refractivity contribution in [2.24, 2.45) is 22.2 Å². The van der Waals surface area contributed by atoms with Crippen molar-refractivity contribution < 1.29 is 29.4 Å². The van der Waals surface area contributed by atoms with Gasteiger partial charge in [0.25, 0.3) is 0 Å². The minimum Gasteiger partial charge on any atom is -0.508 e. The Labute approximate surface area is 243 Å². The minimum atomic E-state index is -1.31. The van der Waals surface area contributed by atoms with Gasteiger partial charge in [0.15, 0.2) is 5.96 Å². The molecule has 41 heavy (non-hydrogen) atoms. The lowest BCUT2D eigenvalue weighted by atomic mass is 10.0. The number of nitrogens with one attached hydrogen (secondary N) is 3. The Morgan fingerprint density at radius 1 is 0.805 bits per heavy atom. The first-order valence-corrected chi connectivity index (χ1v) is 13.5. The molecule has 0 radical (unpaired) electrons. The van der Waals surface area contributed by atoms with Gasteiger partial charge in [0.1, 0.15) is 23.9 Å². The van der Waals surface area contributed by atoms with E-state index in [-0.39, 0.29) is 43.3 Å². The van der Waals surface area contributed by atoms with Crippen molar-refractivity contribution in [2.75, 3.05) is 12.3 Å². The van der Waals surface area contributed by atoms with Crippen molar-refractivity contribution in [3.63, 3.8) is 0 Å². The third-order valence-electron chi connectivity index (χ3n) is 6.02. The molecule has 0 fully saturated rings. The highest BCUT2D eigenvalue weighted by Gasteiger charge is 2.30. The maximum atomic E-state index is 13.2. The highest BCUT2D eigenvalue weighted by atomic mass is 32.1. The molecule has 2 rings (SSSR count). The molecule has 0 aliphatic rings. The molecule has 14 heteroatoms. The Morgan fingerprint density at radius 3 is 1.95 bits per heavy atom. The number of rotatable bonds is 16. The van der Waals surface area contributed by atoms with Gasteiger partial charge in [-0.05, 0) is 42.5 Å². The number of phenolic OH excluding ortho intramolecular Hbond substituents is 1. The lowest BCUT2D eigenvalue weighted by molar-refractivity contribution is -0.142. The minimum absolute atomic E-state index is 0.0171. The zero-order valence-corrected chi connectivity index (χ0v) is 23.3. The van der Waals surface area contributed by atoms with Crippen LogP contribution in [0.2, 0.25) is 0 Å². The lowest BCUT2D eigenvalue weighted by Crippen LogP contribution is -2.58. The van der Waals surface area contributed by atoms with E-state index >= 15 is 0 Å². The quantitative estimate of drug-likeness (QED) is 0.0507. The first-order valence-electron chi connectivity index (χ1n) is 12.9. The van der Waals surface area contributed by atoms with Crippen molar-refractivity contribution in [3.8, 4) is 5.75 Å². The molecule has 0 spiro atoms. The highest BCUT2D eigenvalue weighted by Crippen LogP contribution is 2.12. The molecule has 0 aliphatic carbocycles. The number of amides is 3. The molecule has 0 aromatic heterocycles. The fourth-order valence-corrected chi connectivity index (χ4v) is 4.08. The van der Waals surface area contributed by atoms with Gasteiger partial charge in [-0.15, -0.1) is 0 Å². The van der Waals surface area contributed by atoms with Crippen LogP contribution >= 0.6 is 12.6 Å². The normalized spacial score (nSPS) is 13.6. The average Bonchev–Trinajstić information content (AvgIpc) is 2.94. The smallest absolute Gasteiger partial charge is 0.326 e. The molecule has 2 aromatic carbocycles. The summed E-state index contributed by atoms with van der Waals surface area (Å²) < 4.78 is 0. The number of aromatic hydroxyl groups is 1. The molecule has 13 nitrogen and oxygen atoms in total. The van der Waals surface area contributed by atoms with E-state index in [1.54, 1.807) is 0 Å². The second-order valence-electron chi connectivity index (χ2n) is 9.32. The van der Waals surface area contributed by atoms with E-state index in [9.17, 15) is 29.4 Å². The van der Waals surface area contributed by atoms with E-state index in [2.05, 4.69) is 33.6 Å². The number of nitrogens with zero attached hydrogens (tertiary/aromatic N) is 1. The van der Waals surface area contributed by atoms with Crippen LogP contribution < -0.4 is 33.2 Å². The molecule has 3 amide bonds. The molecule has 0 aliphatic heterocycles. The number of carboxylic acids is 1. The van der Waals surface area contributed by atoms with E-state index in [0.717, 1.165) is 5.56 Å². The van der Waals surface area contributed by atoms with Crippen LogP contribution in [0.4, 0.5) is 0 Å². The highest BCUT2D eigenvalue weighted by molar-refractivity contribution is 7.80. The van der Waals surface area contributed by atoms with Crippen molar-refractivity contribution in [1.82, 2.24) is 16.0 Å². The monoisotopic (exact) mass is 587 g/mol. The summed E-state index contributed by atoms with van der Waals surface area (Å²) in [5, 5.41) is 26.6. The Bertz CT molecular complexity index is 1190. The number of carbonyl (C=O) groups excluding carboxylic acids is 3. The van der Waals surface area contributed by atoms with Gasteiger partial charge in [-0.25, -0.2) is 4.79 Å². The summed E-state index contributed by atoms with van der Waals surface area (Å²) in [5.41, 5.74) is 18.2.